The first-order valence-corrected chi connectivity index (χ1v) is 7.07. The van der Waals surface area contributed by atoms with Gasteiger partial charge in [0.25, 0.3) is 0 Å². The molecular formula is C13H20BrN3. The Morgan fingerprint density at radius 3 is 3.06 bits per heavy atom. The topological polar surface area (TPSA) is 28.2 Å². The van der Waals surface area contributed by atoms with Crippen LogP contribution in [0.15, 0.2) is 16.7 Å². The maximum Gasteiger partial charge on any atom is 0.133 e. The monoisotopic (exact) mass is 297 g/mol. The van der Waals surface area contributed by atoms with Gasteiger partial charge in [-0.1, -0.05) is 0 Å². The SMILES string of the molecule is CNCc1cc(Br)cnc1N1CCCCC1C. The van der Waals surface area contributed by atoms with Crippen LogP contribution < -0.4 is 10.2 Å². The highest BCUT2D eigenvalue weighted by Gasteiger charge is 2.21. The smallest absolute Gasteiger partial charge is 0.133 e. The second-order valence-corrected chi connectivity index (χ2v) is 5.62. The lowest BCUT2D eigenvalue weighted by atomic mass is 10.0. The summed E-state index contributed by atoms with van der Waals surface area (Å²) in [5.41, 5.74) is 1.27. The van der Waals surface area contributed by atoms with Crippen LogP contribution in [0.5, 0.6) is 0 Å². The van der Waals surface area contributed by atoms with E-state index in [2.05, 4.69) is 44.1 Å². The molecule has 0 spiro atoms. The van der Waals surface area contributed by atoms with Crippen LogP contribution in [0, 0.1) is 0 Å². The summed E-state index contributed by atoms with van der Waals surface area (Å²) in [6.45, 7) is 4.30. The third kappa shape index (κ3) is 2.99. The third-order valence-corrected chi connectivity index (χ3v) is 3.79. The van der Waals surface area contributed by atoms with Gasteiger partial charge >= 0.3 is 0 Å². The Hall–Kier alpha value is -0.610. The normalized spacial score (nSPS) is 20.6. The van der Waals surface area contributed by atoms with Crippen molar-refractivity contribution in [1.29, 1.82) is 0 Å². The number of nitrogens with zero attached hydrogens (tertiary/aromatic N) is 2. The lowest BCUT2D eigenvalue weighted by Gasteiger charge is -2.35. The first-order valence-electron chi connectivity index (χ1n) is 6.28. The quantitative estimate of drug-likeness (QED) is 0.930. The zero-order valence-corrected chi connectivity index (χ0v) is 12.1. The van der Waals surface area contributed by atoms with E-state index >= 15 is 0 Å². The molecule has 0 radical (unpaired) electrons. The molecule has 1 aromatic heterocycles. The van der Waals surface area contributed by atoms with Crippen molar-refractivity contribution in [2.45, 2.75) is 38.8 Å². The van der Waals surface area contributed by atoms with Gasteiger partial charge in [-0.2, -0.15) is 0 Å². The van der Waals surface area contributed by atoms with Crippen molar-refractivity contribution in [3.05, 3.63) is 22.3 Å². The number of piperidine rings is 1. The Morgan fingerprint density at radius 2 is 2.35 bits per heavy atom. The number of pyridine rings is 1. The van der Waals surface area contributed by atoms with Crippen LogP contribution in [0.3, 0.4) is 0 Å². The lowest BCUT2D eigenvalue weighted by molar-refractivity contribution is 0.479. The molecular weight excluding hydrogens is 278 g/mol. The molecule has 1 fully saturated rings. The van der Waals surface area contributed by atoms with Crippen molar-refractivity contribution in [2.24, 2.45) is 0 Å². The van der Waals surface area contributed by atoms with Crippen molar-refractivity contribution >= 4 is 21.7 Å². The number of aromatic nitrogens is 1. The molecule has 0 saturated carbocycles. The van der Waals surface area contributed by atoms with E-state index in [1.165, 1.54) is 24.8 Å². The minimum absolute atomic E-state index is 0.605. The highest BCUT2D eigenvalue weighted by atomic mass is 79.9. The Bertz CT molecular complexity index is 381. The Kier molecular flexibility index (Phi) is 4.40. The average Bonchev–Trinajstić information content (AvgIpc) is 2.31. The summed E-state index contributed by atoms with van der Waals surface area (Å²) in [7, 11) is 1.98. The summed E-state index contributed by atoms with van der Waals surface area (Å²) >= 11 is 3.50. The summed E-state index contributed by atoms with van der Waals surface area (Å²) in [5.74, 6) is 1.15. The average molecular weight is 298 g/mol. The van der Waals surface area contributed by atoms with E-state index in [-0.39, 0.29) is 0 Å². The Balaban J connectivity index is 2.29. The minimum atomic E-state index is 0.605. The maximum atomic E-state index is 4.61. The highest BCUT2D eigenvalue weighted by molar-refractivity contribution is 9.10. The summed E-state index contributed by atoms with van der Waals surface area (Å²) in [6, 6.07) is 2.77. The maximum absolute atomic E-state index is 4.61. The van der Waals surface area contributed by atoms with E-state index in [4.69, 9.17) is 0 Å². The van der Waals surface area contributed by atoms with Crippen LogP contribution in [-0.4, -0.2) is 24.6 Å². The summed E-state index contributed by atoms with van der Waals surface area (Å²) in [6.07, 6.45) is 5.79. The second-order valence-electron chi connectivity index (χ2n) is 4.70. The van der Waals surface area contributed by atoms with Gasteiger partial charge < -0.3 is 10.2 Å². The molecule has 1 saturated heterocycles. The van der Waals surface area contributed by atoms with Crippen LogP contribution >= 0.6 is 15.9 Å². The second kappa shape index (κ2) is 5.83. The summed E-state index contributed by atoms with van der Waals surface area (Å²) in [4.78, 5) is 7.06. The molecule has 1 atom stereocenters. The Labute approximate surface area is 112 Å². The molecule has 0 bridgehead atoms. The molecule has 1 aromatic rings. The van der Waals surface area contributed by atoms with Crippen LogP contribution in [0.1, 0.15) is 31.7 Å². The minimum Gasteiger partial charge on any atom is -0.354 e. The van der Waals surface area contributed by atoms with E-state index < -0.39 is 0 Å². The summed E-state index contributed by atoms with van der Waals surface area (Å²) in [5, 5.41) is 3.22. The van der Waals surface area contributed by atoms with Crippen molar-refractivity contribution in [2.75, 3.05) is 18.5 Å². The zero-order valence-electron chi connectivity index (χ0n) is 10.5. The van der Waals surface area contributed by atoms with Gasteiger partial charge in [-0.25, -0.2) is 4.98 Å². The van der Waals surface area contributed by atoms with E-state index in [9.17, 15) is 0 Å². The summed E-state index contributed by atoms with van der Waals surface area (Å²) < 4.78 is 1.05. The van der Waals surface area contributed by atoms with Gasteiger partial charge in [0.2, 0.25) is 0 Å². The molecule has 1 aliphatic rings. The molecule has 0 aromatic carbocycles. The molecule has 2 heterocycles. The van der Waals surface area contributed by atoms with Crippen LogP contribution in [0.25, 0.3) is 0 Å². The zero-order chi connectivity index (χ0) is 12.3. The molecule has 94 valence electrons. The van der Waals surface area contributed by atoms with E-state index in [1.54, 1.807) is 0 Å². The number of hydrogen-bond donors (Lipinski definition) is 1. The van der Waals surface area contributed by atoms with Crippen molar-refractivity contribution < 1.29 is 0 Å². The van der Waals surface area contributed by atoms with Crippen molar-refractivity contribution in [1.82, 2.24) is 10.3 Å². The number of anilines is 1. The fourth-order valence-electron chi connectivity index (χ4n) is 2.47. The largest absolute Gasteiger partial charge is 0.354 e. The van der Waals surface area contributed by atoms with Gasteiger partial charge in [-0.3, -0.25) is 0 Å². The number of hydrogen-bond acceptors (Lipinski definition) is 3. The molecule has 1 unspecified atom stereocenters. The highest BCUT2D eigenvalue weighted by Crippen LogP contribution is 2.27. The van der Waals surface area contributed by atoms with Gasteiger partial charge in [-0.05, 0) is 55.2 Å². The first kappa shape index (κ1) is 12.8. The van der Waals surface area contributed by atoms with E-state index in [0.717, 1.165) is 23.4 Å². The first-order chi connectivity index (χ1) is 8.22. The predicted octanol–water partition coefficient (Wildman–Crippen LogP) is 2.94. The van der Waals surface area contributed by atoms with E-state index in [0.29, 0.717) is 6.04 Å². The van der Waals surface area contributed by atoms with Gasteiger partial charge in [0, 0.05) is 35.4 Å². The van der Waals surface area contributed by atoms with Gasteiger partial charge in [0.15, 0.2) is 0 Å². The standard InChI is InChI=1S/C13H20BrN3/c1-10-5-3-4-6-17(10)13-11(8-15-2)7-12(14)9-16-13/h7,9-10,15H,3-6,8H2,1-2H3. The number of rotatable bonds is 3. The lowest BCUT2D eigenvalue weighted by Crippen LogP contribution is -2.38. The predicted molar refractivity (Wildman–Crippen MR) is 75.4 cm³/mol. The molecule has 1 aliphatic heterocycles. The van der Waals surface area contributed by atoms with Crippen LogP contribution in [0.4, 0.5) is 5.82 Å². The molecule has 1 N–H and O–H groups in total. The third-order valence-electron chi connectivity index (χ3n) is 3.35. The van der Waals surface area contributed by atoms with Gasteiger partial charge in [-0.15, -0.1) is 0 Å². The van der Waals surface area contributed by atoms with Crippen molar-refractivity contribution in [3.63, 3.8) is 0 Å². The molecule has 0 aliphatic carbocycles. The van der Waals surface area contributed by atoms with Crippen molar-refractivity contribution in [3.8, 4) is 0 Å². The molecule has 17 heavy (non-hydrogen) atoms. The van der Waals surface area contributed by atoms with Gasteiger partial charge in [0.05, 0.1) is 0 Å². The van der Waals surface area contributed by atoms with E-state index in [1.807, 2.05) is 13.2 Å². The molecule has 3 nitrogen and oxygen atoms in total. The number of nitrogens with one attached hydrogen (secondary N) is 1. The van der Waals surface area contributed by atoms with Crippen LogP contribution in [0.2, 0.25) is 0 Å². The Morgan fingerprint density at radius 1 is 1.53 bits per heavy atom. The molecule has 0 amide bonds. The fraction of sp³-hybridized carbons (Fsp3) is 0.615. The number of halogens is 1. The van der Waals surface area contributed by atoms with Gasteiger partial charge in [0.1, 0.15) is 5.82 Å². The molecule has 4 heteroatoms. The van der Waals surface area contributed by atoms with Crippen LogP contribution in [-0.2, 0) is 6.54 Å². The molecule has 2 rings (SSSR count). The fourth-order valence-corrected chi connectivity index (χ4v) is 2.84.